The van der Waals surface area contributed by atoms with Gasteiger partial charge >= 0.3 is 5.97 Å². The monoisotopic (exact) mass is 326 g/mol. The van der Waals surface area contributed by atoms with E-state index in [0.29, 0.717) is 12.2 Å². The third-order valence-corrected chi connectivity index (χ3v) is 3.52. The lowest BCUT2D eigenvalue weighted by Gasteiger charge is -2.09. The second-order valence-electron chi connectivity index (χ2n) is 3.65. The smallest absolute Gasteiger partial charge is 0.337 e. The number of anilines is 1. The second-order valence-corrected chi connectivity index (χ2v) is 5.29. The third-order valence-electron chi connectivity index (χ3n) is 2.39. The molecule has 0 amide bonds. The molecule has 0 spiro atoms. The molecular weight excluding hydrogens is 316 g/mol. The molecule has 2 N–H and O–H groups in total. The van der Waals surface area contributed by atoms with Crippen LogP contribution < -0.4 is 5.32 Å². The molecule has 0 radical (unpaired) electrons. The van der Waals surface area contributed by atoms with E-state index in [1.165, 1.54) is 0 Å². The van der Waals surface area contributed by atoms with Gasteiger partial charge in [-0.05, 0) is 18.2 Å². The van der Waals surface area contributed by atoms with Gasteiger partial charge in [0.2, 0.25) is 0 Å². The summed E-state index contributed by atoms with van der Waals surface area (Å²) in [5, 5.41) is 14.2. The minimum atomic E-state index is -0.932. The fourth-order valence-corrected chi connectivity index (χ4v) is 2.49. The summed E-state index contributed by atoms with van der Waals surface area (Å²) in [6.07, 6.45) is 0.773. The zero-order valence-electron chi connectivity index (χ0n) is 9.39. The molecule has 0 unspecified atom stereocenters. The standard InChI is InChI=1S/C12H11BrN2O2S/c13-8-1-2-10(12(16)17)11(5-8)14-4-3-9-6-18-7-15-9/h1-2,5-7,14H,3-4H2,(H,16,17). The summed E-state index contributed by atoms with van der Waals surface area (Å²) in [7, 11) is 0. The van der Waals surface area contributed by atoms with Gasteiger partial charge in [-0.1, -0.05) is 15.9 Å². The predicted molar refractivity (Wildman–Crippen MR) is 75.4 cm³/mol. The molecule has 94 valence electrons. The summed E-state index contributed by atoms with van der Waals surface area (Å²) in [5.74, 6) is -0.932. The van der Waals surface area contributed by atoms with Crippen molar-refractivity contribution in [1.29, 1.82) is 0 Å². The van der Waals surface area contributed by atoms with E-state index in [4.69, 9.17) is 5.11 Å². The first kappa shape index (κ1) is 13.0. The normalized spacial score (nSPS) is 10.3. The van der Waals surface area contributed by atoms with Crippen molar-refractivity contribution in [2.24, 2.45) is 0 Å². The Morgan fingerprint density at radius 3 is 3.00 bits per heavy atom. The maximum atomic E-state index is 11.1. The van der Waals surface area contributed by atoms with Crippen molar-refractivity contribution in [1.82, 2.24) is 4.98 Å². The summed E-state index contributed by atoms with van der Waals surface area (Å²) < 4.78 is 0.851. The number of nitrogens with zero attached hydrogens (tertiary/aromatic N) is 1. The molecular formula is C12H11BrN2O2S. The fraction of sp³-hybridized carbons (Fsp3) is 0.167. The van der Waals surface area contributed by atoms with E-state index in [-0.39, 0.29) is 5.56 Å². The van der Waals surface area contributed by atoms with E-state index in [2.05, 4.69) is 26.2 Å². The maximum absolute atomic E-state index is 11.1. The number of hydrogen-bond donors (Lipinski definition) is 2. The van der Waals surface area contributed by atoms with Crippen LogP contribution >= 0.6 is 27.3 Å². The molecule has 18 heavy (non-hydrogen) atoms. The van der Waals surface area contributed by atoms with Crippen molar-refractivity contribution in [2.45, 2.75) is 6.42 Å². The van der Waals surface area contributed by atoms with Gasteiger partial charge in [-0.15, -0.1) is 11.3 Å². The molecule has 1 aromatic heterocycles. The number of hydrogen-bond acceptors (Lipinski definition) is 4. The lowest BCUT2D eigenvalue weighted by atomic mass is 10.2. The van der Waals surface area contributed by atoms with Crippen LogP contribution in [0.5, 0.6) is 0 Å². The molecule has 4 nitrogen and oxygen atoms in total. The third kappa shape index (κ3) is 3.30. The first-order valence-corrected chi connectivity index (χ1v) is 7.04. The topological polar surface area (TPSA) is 62.2 Å². The molecule has 0 saturated carbocycles. The number of carboxylic acid groups (broad SMARTS) is 1. The van der Waals surface area contributed by atoms with E-state index in [9.17, 15) is 4.79 Å². The number of benzene rings is 1. The molecule has 1 heterocycles. The molecule has 0 bridgehead atoms. The Morgan fingerprint density at radius 2 is 2.33 bits per heavy atom. The lowest BCUT2D eigenvalue weighted by molar-refractivity contribution is 0.0698. The van der Waals surface area contributed by atoms with Crippen LogP contribution in [0.1, 0.15) is 16.1 Å². The van der Waals surface area contributed by atoms with Crippen LogP contribution in [-0.4, -0.2) is 22.6 Å². The van der Waals surface area contributed by atoms with Gasteiger partial charge in [0.05, 0.1) is 16.8 Å². The highest BCUT2D eigenvalue weighted by atomic mass is 79.9. The van der Waals surface area contributed by atoms with Gasteiger partial charge in [0.1, 0.15) is 0 Å². The van der Waals surface area contributed by atoms with Gasteiger partial charge < -0.3 is 10.4 Å². The molecule has 0 saturated heterocycles. The molecule has 0 aliphatic heterocycles. The number of thiazole rings is 1. The zero-order valence-corrected chi connectivity index (χ0v) is 11.8. The SMILES string of the molecule is O=C(O)c1ccc(Br)cc1NCCc1cscn1. The van der Waals surface area contributed by atoms with Gasteiger partial charge in [0.25, 0.3) is 0 Å². The van der Waals surface area contributed by atoms with Gasteiger partial charge in [0.15, 0.2) is 0 Å². The van der Waals surface area contributed by atoms with Crippen LogP contribution in [0.3, 0.4) is 0 Å². The van der Waals surface area contributed by atoms with Crippen LogP contribution in [-0.2, 0) is 6.42 Å². The highest BCUT2D eigenvalue weighted by molar-refractivity contribution is 9.10. The Kier molecular flexibility index (Phi) is 4.33. The van der Waals surface area contributed by atoms with Crippen molar-refractivity contribution < 1.29 is 9.90 Å². The average molecular weight is 327 g/mol. The van der Waals surface area contributed by atoms with Crippen molar-refractivity contribution in [3.05, 3.63) is 44.8 Å². The van der Waals surface area contributed by atoms with E-state index < -0.39 is 5.97 Å². The van der Waals surface area contributed by atoms with E-state index in [1.807, 2.05) is 5.38 Å². The van der Waals surface area contributed by atoms with Crippen LogP contribution in [0, 0.1) is 0 Å². The first-order chi connectivity index (χ1) is 8.66. The minimum Gasteiger partial charge on any atom is -0.478 e. The number of rotatable bonds is 5. The van der Waals surface area contributed by atoms with Crippen molar-refractivity contribution in [3.8, 4) is 0 Å². The molecule has 0 aliphatic rings. The number of aromatic nitrogens is 1. The quantitative estimate of drug-likeness (QED) is 0.885. The Bertz CT molecular complexity index is 543. The summed E-state index contributed by atoms with van der Waals surface area (Å²) in [6.45, 7) is 0.653. The summed E-state index contributed by atoms with van der Waals surface area (Å²) >= 11 is 4.89. The number of carbonyl (C=O) groups is 1. The molecule has 6 heteroatoms. The molecule has 2 aromatic rings. The summed E-state index contributed by atoms with van der Waals surface area (Å²) in [4.78, 5) is 15.2. The minimum absolute atomic E-state index is 0.275. The predicted octanol–water partition coefficient (Wildman–Crippen LogP) is 3.26. The van der Waals surface area contributed by atoms with Crippen molar-refractivity contribution in [2.75, 3.05) is 11.9 Å². The molecule has 0 fully saturated rings. The average Bonchev–Trinajstić information content (AvgIpc) is 2.82. The lowest BCUT2D eigenvalue weighted by Crippen LogP contribution is -2.09. The van der Waals surface area contributed by atoms with E-state index in [0.717, 1.165) is 16.6 Å². The summed E-state index contributed by atoms with van der Waals surface area (Å²) in [5.41, 5.74) is 3.69. The van der Waals surface area contributed by atoms with Gasteiger partial charge in [-0.25, -0.2) is 9.78 Å². The van der Waals surface area contributed by atoms with Crippen molar-refractivity contribution in [3.63, 3.8) is 0 Å². The molecule has 0 aliphatic carbocycles. The zero-order chi connectivity index (χ0) is 13.0. The van der Waals surface area contributed by atoms with Crippen LogP contribution in [0.2, 0.25) is 0 Å². The second kappa shape index (κ2) is 5.97. The van der Waals surface area contributed by atoms with Gasteiger partial charge in [0, 0.05) is 28.5 Å². The Morgan fingerprint density at radius 1 is 1.50 bits per heavy atom. The fourth-order valence-electron chi connectivity index (χ4n) is 1.54. The van der Waals surface area contributed by atoms with Gasteiger partial charge in [-0.2, -0.15) is 0 Å². The van der Waals surface area contributed by atoms with Crippen molar-refractivity contribution >= 4 is 38.9 Å². The Balaban J connectivity index is 2.03. The Labute approximate surface area is 117 Å². The maximum Gasteiger partial charge on any atom is 0.337 e. The summed E-state index contributed by atoms with van der Waals surface area (Å²) in [6, 6.07) is 5.07. The number of nitrogens with one attached hydrogen (secondary N) is 1. The molecule has 1 aromatic carbocycles. The van der Waals surface area contributed by atoms with E-state index in [1.54, 1.807) is 35.0 Å². The van der Waals surface area contributed by atoms with Gasteiger partial charge in [-0.3, -0.25) is 0 Å². The van der Waals surface area contributed by atoms with Crippen LogP contribution in [0.25, 0.3) is 0 Å². The highest BCUT2D eigenvalue weighted by Gasteiger charge is 2.09. The number of aromatic carboxylic acids is 1. The first-order valence-electron chi connectivity index (χ1n) is 5.30. The molecule has 0 atom stereocenters. The van der Waals surface area contributed by atoms with Crippen LogP contribution in [0.4, 0.5) is 5.69 Å². The van der Waals surface area contributed by atoms with E-state index >= 15 is 0 Å². The number of halogens is 1. The highest BCUT2D eigenvalue weighted by Crippen LogP contribution is 2.21. The Hall–Kier alpha value is -1.40. The largest absolute Gasteiger partial charge is 0.478 e. The number of carboxylic acids is 1. The van der Waals surface area contributed by atoms with Crippen LogP contribution in [0.15, 0.2) is 33.6 Å². The molecule has 2 rings (SSSR count).